The lowest BCUT2D eigenvalue weighted by molar-refractivity contribution is -0.366. The average Bonchev–Trinajstić information content (AvgIpc) is 3.98. The molecule has 19 heteroatoms. The van der Waals surface area contributed by atoms with Gasteiger partial charge in [0.2, 0.25) is 23.4 Å². The lowest BCUT2D eigenvalue weighted by atomic mass is 9.84. The molecule has 7 atom stereocenters. The molecule has 1 aromatic carbocycles. The highest BCUT2D eigenvalue weighted by molar-refractivity contribution is 6.30. The van der Waals surface area contributed by atoms with E-state index < -0.39 is 41.5 Å². The summed E-state index contributed by atoms with van der Waals surface area (Å²) < 4.78 is 34.2. The first-order chi connectivity index (χ1) is 27.9. The standard InChI is InChI=1S/C39H48ClFN8O9/c1-22-17-42-36(45-29-5-8-53-9-6-29)47-34(22)49-19-33(44-21-49)35(51)46-32(25-12-27(40)14-28(41)13-25)18-43-37(52)55-30-4-3-7-38(16-30)56-39(58-57-38)15-24-10-26(31(39)11-24)20-54-48-23(2)50/h12-14,17,19,21,24,26,29-32H,3-11,15-16,18,20H2,1-2H3,(H,43,52)(H,46,51)(H,48,50)(H,42,45,47)/t24?,26?,30-,31?,32-,38+,39?/m1/s1. The van der Waals surface area contributed by atoms with E-state index in [1.807, 2.05) is 6.92 Å². The van der Waals surface area contributed by atoms with Crippen molar-refractivity contribution in [1.82, 2.24) is 35.6 Å². The van der Waals surface area contributed by atoms with Gasteiger partial charge in [-0.25, -0.2) is 24.6 Å². The van der Waals surface area contributed by atoms with Gasteiger partial charge in [0.05, 0.1) is 12.6 Å². The minimum Gasteiger partial charge on any atom is -0.446 e. The summed E-state index contributed by atoms with van der Waals surface area (Å²) in [4.78, 5) is 69.0. The number of anilines is 1. The molecule has 17 nitrogen and oxygen atoms in total. The smallest absolute Gasteiger partial charge is 0.407 e. The Morgan fingerprint density at radius 1 is 1.10 bits per heavy atom. The number of fused-ring (bicyclic) bond motifs is 3. The third-order valence-electron chi connectivity index (χ3n) is 11.6. The Bertz CT molecular complexity index is 1980. The van der Waals surface area contributed by atoms with Crippen LogP contribution in [0.25, 0.3) is 5.82 Å². The molecule has 5 aliphatic rings. The van der Waals surface area contributed by atoms with Gasteiger partial charge in [-0.1, -0.05) is 11.6 Å². The molecular weight excluding hydrogens is 779 g/mol. The van der Waals surface area contributed by atoms with Crippen molar-refractivity contribution >= 4 is 35.5 Å². The first kappa shape index (κ1) is 40.3. The van der Waals surface area contributed by atoms with Crippen LogP contribution in [0.3, 0.4) is 0 Å². The Morgan fingerprint density at radius 2 is 1.95 bits per heavy atom. The number of hydroxylamine groups is 1. The third kappa shape index (κ3) is 9.06. The van der Waals surface area contributed by atoms with Crippen LogP contribution in [0.15, 0.2) is 36.9 Å². The van der Waals surface area contributed by atoms with E-state index in [1.54, 1.807) is 10.8 Å². The fraction of sp³-hybridized carbons (Fsp3) is 0.590. The lowest BCUT2D eigenvalue weighted by Gasteiger charge is -2.38. The van der Waals surface area contributed by atoms with E-state index in [4.69, 9.17) is 40.4 Å². The van der Waals surface area contributed by atoms with Crippen molar-refractivity contribution in [3.05, 3.63) is 64.6 Å². The summed E-state index contributed by atoms with van der Waals surface area (Å²) in [6.07, 6.45) is 9.72. The monoisotopic (exact) mass is 826 g/mol. The van der Waals surface area contributed by atoms with E-state index in [-0.39, 0.29) is 47.5 Å². The van der Waals surface area contributed by atoms with Crippen molar-refractivity contribution in [1.29, 1.82) is 0 Å². The molecule has 4 heterocycles. The van der Waals surface area contributed by atoms with Crippen LogP contribution in [0.5, 0.6) is 0 Å². The van der Waals surface area contributed by atoms with Gasteiger partial charge in [0.1, 0.15) is 29.8 Å². The first-order valence-electron chi connectivity index (χ1n) is 19.8. The second-order valence-electron chi connectivity index (χ2n) is 16.0. The summed E-state index contributed by atoms with van der Waals surface area (Å²) in [7, 11) is 0. The highest BCUT2D eigenvalue weighted by Crippen LogP contribution is 2.61. The maximum absolute atomic E-state index is 14.6. The Morgan fingerprint density at radius 3 is 2.74 bits per heavy atom. The molecular formula is C39H48ClFN8O9. The minimum absolute atomic E-state index is 0.0289. The predicted octanol–water partition coefficient (Wildman–Crippen LogP) is 4.98. The number of hydrogen-bond donors (Lipinski definition) is 4. The highest BCUT2D eigenvalue weighted by Gasteiger charge is 2.66. The van der Waals surface area contributed by atoms with E-state index in [1.165, 1.54) is 31.6 Å². The maximum Gasteiger partial charge on any atom is 0.407 e. The van der Waals surface area contributed by atoms with Crippen LogP contribution in [-0.4, -0.2) is 87.5 Å². The van der Waals surface area contributed by atoms with Gasteiger partial charge in [0.15, 0.2) is 0 Å². The van der Waals surface area contributed by atoms with Crippen molar-refractivity contribution in [3.8, 4) is 5.82 Å². The number of nitrogens with zero attached hydrogens (tertiary/aromatic N) is 4. The molecule has 4 N–H and O–H groups in total. The van der Waals surface area contributed by atoms with Crippen molar-refractivity contribution in [3.63, 3.8) is 0 Å². The molecule has 5 fully saturated rings. The molecule has 2 spiro atoms. The Labute approximate surface area is 339 Å². The molecule has 2 saturated heterocycles. The van der Waals surface area contributed by atoms with Crippen LogP contribution in [0.2, 0.25) is 5.02 Å². The molecule has 0 radical (unpaired) electrons. The molecule has 3 aromatic rings. The van der Waals surface area contributed by atoms with Crippen molar-refractivity contribution in [2.75, 3.05) is 31.7 Å². The molecule has 8 rings (SSSR count). The number of alkyl carbamates (subject to hydrolysis) is 1. The molecule has 4 unspecified atom stereocenters. The number of aromatic nitrogens is 4. The number of benzene rings is 1. The quantitative estimate of drug-likeness (QED) is 0.141. The third-order valence-corrected chi connectivity index (χ3v) is 11.9. The number of hydrogen-bond acceptors (Lipinski definition) is 13. The molecule has 3 saturated carbocycles. The summed E-state index contributed by atoms with van der Waals surface area (Å²) in [5.74, 6) is -1.92. The summed E-state index contributed by atoms with van der Waals surface area (Å²) in [5, 5.41) is 9.06. The topological polar surface area (TPSA) is 198 Å². The van der Waals surface area contributed by atoms with Gasteiger partial charge >= 0.3 is 6.09 Å². The Hall–Kier alpha value is -4.46. The molecule has 312 valence electrons. The second-order valence-corrected chi connectivity index (χ2v) is 16.4. The van der Waals surface area contributed by atoms with Crippen molar-refractivity contribution in [2.24, 2.45) is 17.8 Å². The Balaban J connectivity index is 0.890. The van der Waals surface area contributed by atoms with Gasteiger partial charge in [0.25, 0.3) is 5.91 Å². The summed E-state index contributed by atoms with van der Waals surface area (Å²) >= 11 is 6.21. The summed E-state index contributed by atoms with van der Waals surface area (Å²) in [6, 6.07) is 3.18. The van der Waals surface area contributed by atoms with E-state index in [9.17, 15) is 18.8 Å². The highest BCUT2D eigenvalue weighted by atomic mass is 35.5. The number of nitrogens with one attached hydrogen (secondary N) is 4. The number of carbonyl (C=O) groups is 3. The van der Waals surface area contributed by atoms with Gasteiger partial charge in [-0.3, -0.25) is 19.0 Å². The SMILES string of the molecule is CC(=O)NOCC1CC2CC1C1(C2)OO[C@]2(CCC[C@@H](OC(=O)NC[C@@H](NC(=O)c3cn(-c4nc(NC5CCOCC5)ncc4C)cn3)c3cc(F)cc(Cl)c3)C2)O1. The van der Waals surface area contributed by atoms with E-state index >= 15 is 0 Å². The normalized spacial score (nSPS) is 28.4. The molecule has 58 heavy (non-hydrogen) atoms. The number of carbonyl (C=O) groups excluding carboxylic acids is 3. The number of amides is 3. The first-order valence-corrected chi connectivity index (χ1v) is 20.2. The van der Waals surface area contributed by atoms with E-state index in [0.29, 0.717) is 68.8 Å². The van der Waals surface area contributed by atoms with Crippen LogP contribution in [-0.2, 0) is 33.6 Å². The van der Waals surface area contributed by atoms with Gasteiger partial charge in [-0.15, -0.1) is 0 Å². The van der Waals surface area contributed by atoms with Gasteiger partial charge in [-0.2, -0.15) is 14.8 Å². The van der Waals surface area contributed by atoms with E-state index in [0.717, 1.165) is 37.3 Å². The molecule has 3 aliphatic carbocycles. The largest absolute Gasteiger partial charge is 0.446 e. The zero-order valence-electron chi connectivity index (χ0n) is 32.3. The van der Waals surface area contributed by atoms with Crippen LogP contribution < -0.4 is 21.4 Å². The number of halogens is 2. The van der Waals surface area contributed by atoms with E-state index in [2.05, 4.69) is 36.4 Å². The fourth-order valence-corrected chi connectivity index (χ4v) is 9.28. The van der Waals surface area contributed by atoms with Crippen LogP contribution in [0, 0.1) is 30.5 Å². The maximum atomic E-state index is 14.6. The number of aryl methyl sites for hydroxylation is 1. The number of imidazole rings is 1. The summed E-state index contributed by atoms with van der Waals surface area (Å²) in [6.45, 7) is 4.78. The Kier molecular flexibility index (Phi) is 11.8. The zero-order valence-corrected chi connectivity index (χ0v) is 33.1. The zero-order chi connectivity index (χ0) is 40.4. The molecule has 3 amide bonds. The van der Waals surface area contributed by atoms with Crippen molar-refractivity contribution < 1.29 is 47.6 Å². The van der Waals surface area contributed by atoms with Crippen LogP contribution in [0.4, 0.5) is 15.1 Å². The molecule has 2 bridgehead atoms. The second kappa shape index (κ2) is 17.0. The van der Waals surface area contributed by atoms with Crippen LogP contribution in [0.1, 0.15) is 92.4 Å². The summed E-state index contributed by atoms with van der Waals surface area (Å²) in [5.41, 5.74) is 3.56. The number of ether oxygens (including phenoxy) is 3. The average molecular weight is 827 g/mol. The van der Waals surface area contributed by atoms with Gasteiger partial charge in [0, 0.05) is 80.9 Å². The van der Waals surface area contributed by atoms with Gasteiger partial charge in [-0.05, 0) is 81.0 Å². The molecule has 2 aliphatic heterocycles. The van der Waals surface area contributed by atoms with Crippen molar-refractivity contribution in [2.45, 2.75) is 101 Å². The van der Waals surface area contributed by atoms with Gasteiger partial charge < -0.3 is 30.2 Å². The predicted molar refractivity (Wildman–Crippen MR) is 203 cm³/mol. The minimum atomic E-state index is -1.08. The fourth-order valence-electron chi connectivity index (χ4n) is 9.04. The molecule has 2 aromatic heterocycles. The number of rotatable bonds is 12. The lowest BCUT2D eigenvalue weighted by Crippen LogP contribution is -2.47. The van der Waals surface area contributed by atoms with Crippen LogP contribution >= 0.6 is 11.6 Å².